The highest BCUT2D eigenvalue weighted by Crippen LogP contribution is 2.44. The number of nitriles is 1. The largest absolute Gasteiger partial charge is 0.489 e. The molecule has 0 aromatic heterocycles. The van der Waals surface area contributed by atoms with Crippen molar-refractivity contribution < 1.29 is 9.84 Å². The fraction of sp³-hybridized carbons (Fsp3) is 0.316. The Morgan fingerprint density at radius 2 is 2.12 bits per heavy atom. The quantitative estimate of drug-likeness (QED) is 0.825. The maximum absolute atomic E-state index is 11.3. The molecule has 0 spiro atoms. The number of rotatable bonds is 4. The molecule has 0 saturated heterocycles. The Kier molecular flexibility index (Phi) is 4.73. The van der Waals surface area contributed by atoms with Gasteiger partial charge in [0.25, 0.3) is 0 Å². The first kappa shape index (κ1) is 17.1. The summed E-state index contributed by atoms with van der Waals surface area (Å²) in [5.74, 6) is 0.619. The van der Waals surface area contributed by atoms with Crippen LogP contribution in [-0.4, -0.2) is 17.6 Å². The van der Waals surface area contributed by atoms with Crippen molar-refractivity contribution in [3.05, 3.63) is 63.2 Å². The third kappa shape index (κ3) is 2.86. The van der Waals surface area contributed by atoms with Gasteiger partial charge in [0.15, 0.2) is 5.75 Å². The highest BCUT2D eigenvalue weighted by molar-refractivity contribution is 6.32. The van der Waals surface area contributed by atoms with Crippen molar-refractivity contribution in [2.24, 2.45) is 0 Å². The summed E-state index contributed by atoms with van der Waals surface area (Å²) < 4.78 is 5.48. The minimum atomic E-state index is -1.14. The molecular formula is C19H17Cl2NO2. The Morgan fingerprint density at radius 3 is 2.83 bits per heavy atom. The van der Waals surface area contributed by atoms with E-state index in [1.54, 1.807) is 12.1 Å². The molecule has 124 valence electrons. The molecule has 0 saturated carbocycles. The molecule has 3 rings (SSSR count). The summed E-state index contributed by atoms with van der Waals surface area (Å²) in [6.45, 7) is 2.30. The Hall–Kier alpha value is -1.73. The minimum absolute atomic E-state index is 0.266. The second kappa shape index (κ2) is 6.64. The molecule has 0 heterocycles. The average Bonchev–Trinajstić information content (AvgIpc) is 2.90. The molecule has 0 fully saturated rings. The van der Waals surface area contributed by atoms with Gasteiger partial charge in [-0.2, -0.15) is 5.26 Å². The summed E-state index contributed by atoms with van der Waals surface area (Å²) in [6, 6.07) is 11.5. The first-order valence-electron chi connectivity index (χ1n) is 7.75. The lowest BCUT2D eigenvalue weighted by Crippen LogP contribution is -2.24. The van der Waals surface area contributed by atoms with Crippen molar-refractivity contribution in [2.45, 2.75) is 25.4 Å². The van der Waals surface area contributed by atoms with Gasteiger partial charge in [-0.05, 0) is 48.6 Å². The number of alkyl halides is 1. The Labute approximate surface area is 151 Å². The molecule has 1 aliphatic carbocycles. The normalized spacial score (nSPS) is 19.0. The van der Waals surface area contributed by atoms with Crippen LogP contribution < -0.4 is 4.74 Å². The summed E-state index contributed by atoms with van der Waals surface area (Å²) >= 11 is 11.9. The van der Waals surface area contributed by atoms with Crippen LogP contribution >= 0.6 is 23.2 Å². The van der Waals surface area contributed by atoms with Crippen molar-refractivity contribution in [1.29, 1.82) is 5.26 Å². The minimum Gasteiger partial charge on any atom is -0.489 e. The molecule has 2 aromatic carbocycles. The Bertz CT molecular complexity index is 829. The number of benzene rings is 2. The summed E-state index contributed by atoms with van der Waals surface area (Å²) in [6.07, 6.45) is 1.35. The summed E-state index contributed by atoms with van der Waals surface area (Å²) in [5, 5.41) is 21.0. The van der Waals surface area contributed by atoms with E-state index < -0.39 is 5.60 Å². The van der Waals surface area contributed by atoms with Crippen LogP contribution in [0.15, 0.2) is 30.3 Å². The highest BCUT2D eigenvalue weighted by atomic mass is 35.5. The van der Waals surface area contributed by atoms with Crippen LogP contribution in [0.4, 0.5) is 0 Å². The van der Waals surface area contributed by atoms with Crippen molar-refractivity contribution in [3.8, 4) is 11.8 Å². The molecule has 3 nitrogen and oxygen atoms in total. The van der Waals surface area contributed by atoms with E-state index in [9.17, 15) is 10.4 Å². The molecular weight excluding hydrogens is 345 g/mol. The van der Waals surface area contributed by atoms with Crippen molar-refractivity contribution in [2.75, 3.05) is 12.5 Å². The number of hydrogen-bond donors (Lipinski definition) is 1. The molecule has 1 aliphatic rings. The summed E-state index contributed by atoms with van der Waals surface area (Å²) in [7, 11) is 0. The van der Waals surface area contributed by atoms with E-state index in [1.165, 1.54) is 5.56 Å². The first-order chi connectivity index (χ1) is 11.5. The molecule has 1 unspecified atom stereocenters. The standard InChI is InChI=1S/C19H17Cl2NO2/c1-12-2-3-16-13(8-12)4-5-19(16,23)15-9-14(11-22)18(17(21)10-15)24-7-6-20/h2-3,8-10,23H,4-7H2,1H3. The number of ether oxygens (including phenoxy) is 1. The smallest absolute Gasteiger partial charge is 0.155 e. The van der Waals surface area contributed by atoms with Gasteiger partial charge in [0.05, 0.1) is 16.5 Å². The highest BCUT2D eigenvalue weighted by Gasteiger charge is 2.39. The van der Waals surface area contributed by atoms with Gasteiger partial charge in [-0.15, -0.1) is 11.6 Å². The zero-order valence-corrected chi connectivity index (χ0v) is 14.8. The van der Waals surface area contributed by atoms with Gasteiger partial charge in [0.2, 0.25) is 0 Å². The molecule has 0 amide bonds. The van der Waals surface area contributed by atoms with Crippen LogP contribution in [0.25, 0.3) is 0 Å². The molecule has 24 heavy (non-hydrogen) atoms. The van der Waals surface area contributed by atoms with E-state index in [0.717, 1.165) is 17.5 Å². The number of hydrogen-bond acceptors (Lipinski definition) is 3. The Morgan fingerprint density at radius 1 is 1.33 bits per heavy atom. The predicted molar refractivity (Wildman–Crippen MR) is 94.9 cm³/mol. The molecule has 1 N–H and O–H groups in total. The molecule has 2 aromatic rings. The lowest BCUT2D eigenvalue weighted by Gasteiger charge is -2.26. The van der Waals surface area contributed by atoms with Crippen molar-refractivity contribution in [1.82, 2.24) is 0 Å². The topological polar surface area (TPSA) is 53.2 Å². The van der Waals surface area contributed by atoms with E-state index in [0.29, 0.717) is 34.2 Å². The van der Waals surface area contributed by atoms with E-state index in [4.69, 9.17) is 27.9 Å². The first-order valence-corrected chi connectivity index (χ1v) is 8.66. The van der Waals surface area contributed by atoms with Gasteiger partial charge in [-0.3, -0.25) is 0 Å². The number of aliphatic hydroxyl groups is 1. The van der Waals surface area contributed by atoms with Crippen molar-refractivity contribution in [3.63, 3.8) is 0 Å². The van der Waals surface area contributed by atoms with Crippen LogP contribution in [0.3, 0.4) is 0 Å². The number of nitrogens with zero attached hydrogens (tertiary/aromatic N) is 1. The van der Waals surface area contributed by atoms with E-state index in [1.807, 2.05) is 19.1 Å². The third-order valence-electron chi connectivity index (χ3n) is 4.43. The molecule has 1 atom stereocenters. The van der Waals surface area contributed by atoms with Gasteiger partial charge in [-0.1, -0.05) is 35.4 Å². The van der Waals surface area contributed by atoms with Gasteiger partial charge < -0.3 is 9.84 Å². The third-order valence-corrected chi connectivity index (χ3v) is 4.86. The fourth-order valence-electron chi connectivity index (χ4n) is 3.29. The number of fused-ring (bicyclic) bond motifs is 1. The SMILES string of the molecule is Cc1ccc2c(c1)CCC2(O)c1cc(Cl)c(OCCCl)c(C#N)c1. The lowest BCUT2D eigenvalue weighted by atomic mass is 9.86. The van der Waals surface area contributed by atoms with Gasteiger partial charge in [-0.25, -0.2) is 0 Å². The van der Waals surface area contributed by atoms with Crippen LogP contribution in [0.5, 0.6) is 5.75 Å². The van der Waals surface area contributed by atoms with Gasteiger partial charge in [0, 0.05) is 0 Å². The van der Waals surface area contributed by atoms with Crippen molar-refractivity contribution >= 4 is 23.2 Å². The van der Waals surface area contributed by atoms with E-state index in [2.05, 4.69) is 12.1 Å². The monoisotopic (exact) mass is 361 g/mol. The number of halogens is 2. The average molecular weight is 362 g/mol. The molecule has 0 bridgehead atoms. The van der Waals surface area contributed by atoms with Crippen LogP contribution in [0.1, 0.15) is 34.2 Å². The van der Waals surface area contributed by atoms with Gasteiger partial charge in [0.1, 0.15) is 18.3 Å². The second-order valence-electron chi connectivity index (χ2n) is 6.00. The lowest BCUT2D eigenvalue weighted by molar-refractivity contribution is 0.0828. The summed E-state index contributed by atoms with van der Waals surface area (Å²) in [5.41, 5.74) is 2.96. The predicted octanol–water partition coefficient (Wildman–Crippen LogP) is 4.32. The molecule has 0 aliphatic heterocycles. The van der Waals surface area contributed by atoms with Gasteiger partial charge >= 0.3 is 0 Å². The summed E-state index contributed by atoms with van der Waals surface area (Å²) in [4.78, 5) is 0. The van der Waals surface area contributed by atoms with E-state index >= 15 is 0 Å². The fourth-order valence-corrected chi connectivity index (χ4v) is 3.64. The zero-order chi connectivity index (χ0) is 17.3. The van der Waals surface area contributed by atoms with Crippen LogP contribution in [0.2, 0.25) is 5.02 Å². The maximum atomic E-state index is 11.3. The van der Waals surface area contributed by atoms with E-state index in [-0.39, 0.29) is 6.61 Å². The molecule has 5 heteroatoms. The van der Waals surface area contributed by atoms with Crippen LogP contribution in [-0.2, 0) is 12.0 Å². The molecule has 0 radical (unpaired) electrons. The Balaban J connectivity index is 2.08. The number of aryl methyl sites for hydroxylation is 2. The van der Waals surface area contributed by atoms with Crippen LogP contribution in [0, 0.1) is 18.3 Å². The zero-order valence-electron chi connectivity index (χ0n) is 13.3. The maximum Gasteiger partial charge on any atom is 0.155 e. The second-order valence-corrected chi connectivity index (χ2v) is 6.79.